The van der Waals surface area contributed by atoms with Gasteiger partial charge in [0.2, 0.25) is 5.88 Å². The molecule has 1 aromatic heterocycles. The minimum atomic E-state index is -0.523. The Kier molecular flexibility index (Phi) is 6.46. The Morgan fingerprint density at radius 2 is 1.71 bits per heavy atom. The molecule has 0 saturated carbocycles. The van der Waals surface area contributed by atoms with Gasteiger partial charge in [-0.05, 0) is 30.3 Å². The van der Waals surface area contributed by atoms with Crippen LogP contribution in [0.1, 0.15) is 10.4 Å². The molecule has 0 bridgehead atoms. The van der Waals surface area contributed by atoms with Crippen molar-refractivity contribution in [3.05, 3.63) is 75.2 Å². The fourth-order valence-electron chi connectivity index (χ4n) is 3.19. The van der Waals surface area contributed by atoms with Gasteiger partial charge in [0, 0.05) is 43.3 Å². The highest BCUT2D eigenvalue weighted by molar-refractivity contribution is 6.36. The first-order chi connectivity index (χ1) is 14.9. The SMILES string of the molecule is O=C(c1ccc(Cl)cc1Cl)N1CCN(c2cc(Oc3ccc(F)c(Cl)c3)ncn2)CC1. The molecule has 0 radical (unpaired) electrons. The molecule has 1 saturated heterocycles. The van der Waals surface area contributed by atoms with Crippen LogP contribution in [0.15, 0.2) is 48.8 Å². The molecule has 0 unspecified atom stereocenters. The van der Waals surface area contributed by atoms with Crippen LogP contribution in [0.2, 0.25) is 15.1 Å². The zero-order chi connectivity index (χ0) is 22.0. The zero-order valence-corrected chi connectivity index (χ0v) is 18.3. The Bertz CT molecular complexity index is 1120. The van der Waals surface area contributed by atoms with Gasteiger partial charge in [-0.3, -0.25) is 4.79 Å². The number of rotatable bonds is 4. The summed E-state index contributed by atoms with van der Waals surface area (Å²) < 4.78 is 19.0. The van der Waals surface area contributed by atoms with Gasteiger partial charge in [-0.1, -0.05) is 34.8 Å². The predicted molar refractivity (Wildman–Crippen MR) is 118 cm³/mol. The van der Waals surface area contributed by atoms with Gasteiger partial charge >= 0.3 is 0 Å². The maximum Gasteiger partial charge on any atom is 0.255 e. The Balaban J connectivity index is 1.41. The number of carbonyl (C=O) groups is 1. The second kappa shape index (κ2) is 9.26. The first kappa shape index (κ1) is 21.6. The normalized spacial score (nSPS) is 13.9. The van der Waals surface area contributed by atoms with Gasteiger partial charge in [0.1, 0.15) is 23.7 Å². The number of anilines is 1. The number of ether oxygens (including phenoxy) is 1. The molecule has 2 heterocycles. The molecule has 31 heavy (non-hydrogen) atoms. The second-order valence-electron chi connectivity index (χ2n) is 6.80. The lowest BCUT2D eigenvalue weighted by Gasteiger charge is -2.35. The summed E-state index contributed by atoms with van der Waals surface area (Å²) >= 11 is 17.9. The van der Waals surface area contributed by atoms with Crippen molar-refractivity contribution in [2.45, 2.75) is 0 Å². The molecule has 1 amide bonds. The Labute approximate surface area is 193 Å². The summed E-state index contributed by atoms with van der Waals surface area (Å²) in [5.74, 6) is 0.672. The minimum absolute atomic E-state index is 0.0339. The van der Waals surface area contributed by atoms with E-state index in [0.717, 1.165) is 0 Å². The van der Waals surface area contributed by atoms with Gasteiger partial charge in [0.05, 0.1) is 15.6 Å². The third-order valence-electron chi connectivity index (χ3n) is 4.79. The van der Waals surface area contributed by atoms with Crippen molar-refractivity contribution in [1.29, 1.82) is 0 Å². The van der Waals surface area contributed by atoms with Crippen molar-refractivity contribution in [2.75, 3.05) is 31.1 Å². The van der Waals surface area contributed by atoms with Gasteiger partial charge in [0.15, 0.2) is 0 Å². The lowest BCUT2D eigenvalue weighted by Crippen LogP contribution is -2.49. The number of piperazine rings is 1. The third-order valence-corrected chi connectivity index (χ3v) is 5.63. The second-order valence-corrected chi connectivity index (χ2v) is 8.05. The number of halogens is 4. The summed E-state index contributed by atoms with van der Waals surface area (Å²) in [6.45, 7) is 2.17. The number of aromatic nitrogens is 2. The lowest BCUT2D eigenvalue weighted by atomic mass is 10.2. The first-order valence-corrected chi connectivity index (χ1v) is 10.5. The van der Waals surface area contributed by atoms with Crippen LogP contribution in [-0.4, -0.2) is 47.0 Å². The molecule has 1 aliphatic heterocycles. The van der Waals surface area contributed by atoms with E-state index in [0.29, 0.717) is 59.2 Å². The quantitative estimate of drug-likeness (QED) is 0.504. The van der Waals surface area contributed by atoms with E-state index in [9.17, 15) is 9.18 Å². The maximum absolute atomic E-state index is 13.3. The van der Waals surface area contributed by atoms with E-state index >= 15 is 0 Å². The third kappa shape index (κ3) is 5.01. The zero-order valence-electron chi connectivity index (χ0n) is 16.1. The topological polar surface area (TPSA) is 58.6 Å². The summed E-state index contributed by atoms with van der Waals surface area (Å²) in [6.07, 6.45) is 1.39. The van der Waals surface area contributed by atoms with Crippen molar-refractivity contribution in [3.8, 4) is 11.6 Å². The van der Waals surface area contributed by atoms with Crippen molar-refractivity contribution in [1.82, 2.24) is 14.9 Å². The molecule has 0 atom stereocenters. The van der Waals surface area contributed by atoms with E-state index in [1.807, 2.05) is 4.90 Å². The number of hydrogen-bond acceptors (Lipinski definition) is 5. The fourth-order valence-corrected chi connectivity index (χ4v) is 3.85. The Morgan fingerprint density at radius 1 is 0.935 bits per heavy atom. The maximum atomic E-state index is 13.3. The summed E-state index contributed by atoms with van der Waals surface area (Å²) in [5.41, 5.74) is 0.426. The molecule has 3 aromatic rings. The van der Waals surface area contributed by atoms with E-state index < -0.39 is 5.82 Å². The molecule has 0 N–H and O–H groups in total. The Morgan fingerprint density at radius 3 is 2.42 bits per heavy atom. The van der Waals surface area contributed by atoms with Crippen molar-refractivity contribution in [2.24, 2.45) is 0 Å². The highest BCUT2D eigenvalue weighted by atomic mass is 35.5. The molecule has 160 valence electrons. The number of amides is 1. The van der Waals surface area contributed by atoms with E-state index in [1.165, 1.54) is 24.5 Å². The van der Waals surface area contributed by atoms with Crippen molar-refractivity contribution >= 4 is 46.5 Å². The largest absolute Gasteiger partial charge is 0.439 e. The highest BCUT2D eigenvalue weighted by Crippen LogP contribution is 2.27. The van der Waals surface area contributed by atoms with E-state index in [1.54, 1.807) is 29.2 Å². The van der Waals surface area contributed by atoms with Gasteiger partial charge in [-0.15, -0.1) is 0 Å². The Hall–Kier alpha value is -2.61. The molecule has 6 nitrogen and oxygen atoms in total. The molecule has 4 rings (SSSR count). The fraction of sp³-hybridized carbons (Fsp3) is 0.190. The minimum Gasteiger partial charge on any atom is -0.439 e. The van der Waals surface area contributed by atoms with Crippen LogP contribution in [0, 0.1) is 5.82 Å². The van der Waals surface area contributed by atoms with Gasteiger partial charge < -0.3 is 14.5 Å². The summed E-state index contributed by atoms with van der Waals surface area (Å²) in [6, 6.07) is 10.6. The van der Waals surface area contributed by atoms with Crippen LogP contribution in [0.3, 0.4) is 0 Å². The smallest absolute Gasteiger partial charge is 0.255 e. The van der Waals surface area contributed by atoms with Crippen LogP contribution >= 0.6 is 34.8 Å². The summed E-state index contributed by atoms with van der Waals surface area (Å²) in [7, 11) is 0. The van der Waals surface area contributed by atoms with Crippen LogP contribution in [0.25, 0.3) is 0 Å². The average molecular weight is 482 g/mol. The van der Waals surface area contributed by atoms with Gasteiger partial charge in [0.25, 0.3) is 5.91 Å². The van der Waals surface area contributed by atoms with E-state index in [4.69, 9.17) is 39.5 Å². The molecule has 1 fully saturated rings. The molecule has 1 aliphatic rings. The highest BCUT2D eigenvalue weighted by Gasteiger charge is 2.24. The monoisotopic (exact) mass is 480 g/mol. The number of benzene rings is 2. The predicted octanol–water partition coefficient (Wildman–Crippen LogP) is 5.33. The lowest BCUT2D eigenvalue weighted by molar-refractivity contribution is 0.0746. The van der Waals surface area contributed by atoms with E-state index in [-0.39, 0.29) is 10.9 Å². The number of nitrogens with zero attached hydrogens (tertiary/aromatic N) is 4. The standard InChI is InChI=1S/C21H16Cl3FN4O2/c22-13-1-3-15(16(23)9-13)21(30)29-7-5-28(6-8-29)19-11-20(27-12-26-19)31-14-2-4-18(25)17(24)10-14/h1-4,9-12H,5-8H2. The van der Waals surface area contributed by atoms with Crippen LogP contribution in [-0.2, 0) is 0 Å². The van der Waals surface area contributed by atoms with Crippen LogP contribution in [0.5, 0.6) is 11.6 Å². The molecule has 2 aromatic carbocycles. The van der Waals surface area contributed by atoms with Crippen LogP contribution < -0.4 is 9.64 Å². The molecular weight excluding hydrogens is 466 g/mol. The summed E-state index contributed by atoms with van der Waals surface area (Å²) in [4.78, 5) is 24.9. The summed E-state index contributed by atoms with van der Waals surface area (Å²) in [5, 5.41) is 0.780. The number of hydrogen-bond donors (Lipinski definition) is 0. The average Bonchev–Trinajstić information content (AvgIpc) is 2.76. The van der Waals surface area contributed by atoms with Crippen LogP contribution in [0.4, 0.5) is 10.2 Å². The number of carbonyl (C=O) groups excluding carboxylic acids is 1. The molecule has 0 spiro atoms. The molecule has 0 aliphatic carbocycles. The first-order valence-electron chi connectivity index (χ1n) is 9.35. The van der Waals surface area contributed by atoms with Crippen molar-refractivity contribution < 1.29 is 13.9 Å². The van der Waals surface area contributed by atoms with Gasteiger partial charge in [-0.2, -0.15) is 0 Å². The van der Waals surface area contributed by atoms with E-state index in [2.05, 4.69) is 9.97 Å². The van der Waals surface area contributed by atoms with Gasteiger partial charge in [-0.25, -0.2) is 14.4 Å². The molecule has 10 heteroatoms. The molecular formula is C21H16Cl3FN4O2. The van der Waals surface area contributed by atoms with Crippen molar-refractivity contribution in [3.63, 3.8) is 0 Å².